The molecule has 2 aliphatic rings. The van der Waals surface area contributed by atoms with E-state index in [1.807, 2.05) is 57.0 Å². The Balaban J connectivity index is 0.000000328. The van der Waals surface area contributed by atoms with E-state index >= 15 is 0 Å². The number of carbonyl (C=O) groups excluding carboxylic acids is 2. The Morgan fingerprint density at radius 2 is 1.78 bits per heavy atom. The lowest BCUT2D eigenvalue weighted by Crippen LogP contribution is -2.49. The van der Waals surface area contributed by atoms with E-state index in [9.17, 15) is 14.4 Å². The van der Waals surface area contributed by atoms with E-state index in [-0.39, 0.29) is 24.7 Å². The van der Waals surface area contributed by atoms with Crippen LogP contribution in [0, 0.1) is 13.8 Å². The van der Waals surface area contributed by atoms with Gasteiger partial charge in [-0.1, -0.05) is 50.5 Å². The molecule has 1 aromatic carbocycles. The van der Waals surface area contributed by atoms with Crippen molar-refractivity contribution in [2.24, 2.45) is 0 Å². The minimum absolute atomic E-state index is 0.00554. The highest BCUT2D eigenvalue weighted by molar-refractivity contribution is 5.87. The van der Waals surface area contributed by atoms with Crippen molar-refractivity contribution >= 4 is 47.4 Å². The number of likely N-dealkylation sites (tertiary alicyclic amines) is 1. The molecular formula is C40H60N6O9. The van der Waals surface area contributed by atoms with Gasteiger partial charge < -0.3 is 29.3 Å². The third kappa shape index (κ3) is 16.1. The standard InChI is InChI=1S/C21H29N3O5.C9H10N2.C9H19NO2.CH2O2/c1-2-3-4-11-28-12-5-6-16-13-17-19(22-14-16)23-20(27)29-21(17)7-9-24(10-8-21)15-18(25)26;1-6-3-7(2)9-8(4-6)5-10-11-9;1-6-7-10(5)8(11)12-9(2,3)4;2-1-3/h5-6,13-14H,2-4,7-12,15H2,1H3,(H,25,26)(H,22,23,27);3-5H,1-2H3,(H,10,11);6-7H2,1-5H3;1H,(H,2,3)/b6-5+;;;. The van der Waals surface area contributed by atoms with Crippen LogP contribution in [0.1, 0.15) is 95.4 Å². The van der Waals surface area contributed by atoms with Gasteiger partial charge in [0.25, 0.3) is 6.47 Å². The van der Waals surface area contributed by atoms with Crippen LogP contribution in [0.5, 0.6) is 0 Å². The summed E-state index contributed by atoms with van der Waals surface area (Å²) >= 11 is 0. The third-order valence-corrected chi connectivity index (χ3v) is 8.50. The summed E-state index contributed by atoms with van der Waals surface area (Å²) in [6, 6.07) is 6.27. The van der Waals surface area contributed by atoms with Crippen LogP contribution >= 0.6 is 0 Å². The summed E-state index contributed by atoms with van der Waals surface area (Å²) in [5, 5.41) is 26.7. The number of nitrogens with zero attached hydrogens (tertiary/aromatic N) is 4. The number of aromatic amines is 1. The Hall–Kier alpha value is -5.02. The molecule has 0 aliphatic carbocycles. The Kier molecular flexibility index (Phi) is 19.3. The first-order valence-electron chi connectivity index (χ1n) is 18.7. The Morgan fingerprint density at radius 3 is 2.40 bits per heavy atom. The highest BCUT2D eigenvalue weighted by atomic mass is 16.6. The number of pyridine rings is 1. The molecule has 304 valence electrons. The molecule has 0 radical (unpaired) electrons. The van der Waals surface area contributed by atoms with E-state index in [1.54, 1.807) is 18.1 Å². The zero-order valence-corrected chi connectivity index (χ0v) is 33.6. The van der Waals surface area contributed by atoms with Gasteiger partial charge in [-0.2, -0.15) is 5.10 Å². The molecule has 4 N–H and O–H groups in total. The molecule has 5 rings (SSSR count). The summed E-state index contributed by atoms with van der Waals surface area (Å²) in [6.07, 6.45) is 12.2. The normalized spacial score (nSPS) is 14.5. The fourth-order valence-corrected chi connectivity index (χ4v) is 5.99. The van der Waals surface area contributed by atoms with Gasteiger partial charge in [-0.15, -0.1) is 0 Å². The smallest absolute Gasteiger partial charge is 0.413 e. The molecule has 2 amide bonds. The number of piperidine rings is 1. The highest BCUT2D eigenvalue weighted by Crippen LogP contribution is 2.43. The van der Waals surface area contributed by atoms with Gasteiger partial charge in [0, 0.05) is 63.3 Å². The summed E-state index contributed by atoms with van der Waals surface area (Å²) in [4.78, 5) is 50.5. The molecule has 0 atom stereocenters. The second-order valence-electron chi connectivity index (χ2n) is 14.5. The Labute approximate surface area is 324 Å². The molecule has 2 aliphatic heterocycles. The highest BCUT2D eigenvalue weighted by Gasteiger charge is 2.45. The second-order valence-corrected chi connectivity index (χ2v) is 14.5. The van der Waals surface area contributed by atoms with E-state index < -0.39 is 17.7 Å². The van der Waals surface area contributed by atoms with Crippen molar-refractivity contribution in [3.8, 4) is 0 Å². The first-order valence-corrected chi connectivity index (χ1v) is 18.7. The van der Waals surface area contributed by atoms with Crippen molar-refractivity contribution in [2.45, 2.75) is 98.2 Å². The van der Waals surface area contributed by atoms with Crippen LogP contribution in [0.3, 0.4) is 0 Å². The number of carbonyl (C=O) groups is 4. The predicted octanol–water partition coefficient (Wildman–Crippen LogP) is 7.38. The number of benzene rings is 1. The van der Waals surface area contributed by atoms with Crippen molar-refractivity contribution in [2.75, 3.05) is 51.8 Å². The predicted molar refractivity (Wildman–Crippen MR) is 212 cm³/mol. The van der Waals surface area contributed by atoms with E-state index in [0.717, 1.165) is 42.6 Å². The van der Waals surface area contributed by atoms with Crippen LogP contribution in [0.25, 0.3) is 17.0 Å². The third-order valence-electron chi connectivity index (χ3n) is 8.50. The molecule has 55 heavy (non-hydrogen) atoms. The number of carboxylic acids is 1. The van der Waals surface area contributed by atoms with Gasteiger partial charge in [0.2, 0.25) is 0 Å². The van der Waals surface area contributed by atoms with Crippen LogP contribution in [-0.4, -0.2) is 112 Å². The number of amides is 2. The van der Waals surface area contributed by atoms with Gasteiger partial charge in [0.15, 0.2) is 0 Å². The number of aryl methyl sites for hydroxylation is 2. The molecule has 3 aromatic rings. The molecule has 1 saturated heterocycles. The lowest BCUT2D eigenvalue weighted by Gasteiger charge is -2.43. The summed E-state index contributed by atoms with van der Waals surface area (Å²) in [7, 11) is 1.75. The fourth-order valence-electron chi connectivity index (χ4n) is 5.99. The quantitative estimate of drug-likeness (QED) is 0.112. The number of aromatic nitrogens is 3. The lowest BCUT2D eigenvalue weighted by atomic mass is 9.83. The summed E-state index contributed by atoms with van der Waals surface area (Å²) in [5.74, 6) is -0.337. The molecule has 0 bridgehead atoms. The van der Waals surface area contributed by atoms with Gasteiger partial charge in [0.1, 0.15) is 17.0 Å². The molecule has 15 nitrogen and oxygen atoms in total. The number of H-pyrrole nitrogens is 1. The molecule has 2 aromatic heterocycles. The van der Waals surface area contributed by atoms with Crippen molar-refractivity contribution in [3.05, 3.63) is 58.9 Å². The number of rotatable bonds is 11. The van der Waals surface area contributed by atoms with Crippen molar-refractivity contribution in [3.63, 3.8) is 0 Å². The van der Waals surface area contributed by atoms with Gasteiger partial charge in [-0.05, 0) is 70.7 Å². The van der Waals surface area contributed by atoms with Crippen LogP contribution in [0.2, 0.25) is 0 Å². The minimum atomic E-state index is -0.852. The zero-order valence-electron chi connectivity index (χ0n) is 33.6. The SMILES string of the molecule is CCCCCOC/C=C/c1cnc2c(c1)C1(CCN(CC(=O)O)CC1)OC(=O)N2.CCCN(C)C(=O)OC(C)(C)C.Cc1cc(C)c2[nH]ncc2c1.O=CO. The molecule has 0 saturated carbocycles. The van der Waals surface area contributed by atoms with E-state index in [0.29, 0.717) is 38.4 Å². The molecule has 15 heteroatoms. The number of nitrogens with one attached hydrogen (secondary N) is 2. The van der Waals surface area contributed by atoms with E-state index in [1.165, 1.54) is 29.4 Å². The lowest BCUT2D eigenvalue weighted by molar-refractivity contribution is -0.139. The topological polar surface area (TPSA) is 197 Å². The van der Waals surface area contributed by atoms with E-state index in [4.69, 9.17) is 29.2 Å². The maximum absolute atomic E-state index is 12.1. The number of fused-ring (bicyclic) bond motifs is 3. The van der Waals surface area contributed by atoms with Gasteiger partial charge in [0.05, 0.1) is 24.9 Å². The molecule has 4 heterocycles. The second kappa shape index (κ2) is 23.0. The number of carboxylic acid groups (broad SMARTS) is 2. The van der Waals surface area contributed by atoms with Crippen molar-refractivity contribution in [1.29, 1.82) is 0 Å². The first kappa shape index (κ1) is 46.1. The van der Waals surface area contributed by atoms with Gasteiger partial charge in [-0.3, -0.25) is 24.9 Å². The summed E-state index contributed by atoms with van der Waals surface area (Å²) < 4.78 is 16.5. The largest absolute Gasteiger partial charge is 0.483 e. The van der Waals surface area contributed by atoms with Crippen LogP contribution in [0.4, 0.5) is 15.4 Å². The van der Waals surface area contributed by atoms with Gasteiger partial charge >= 0.3 is 18.2 Å². The van der Waals surface area contributed by atoms with Crippen LogP contribution in [0.15, 0.2) is 36.7 Å². The van der Waals surface area contributed by atoms with Crippen LogP contribution in [-0.2, 0) is 29.4 Å². The van der Waals surface area contributed by atoms with Gasteiger partial charge in [-0.25, -0.2) is 14.6 Å². The zero-order chi connectivity index (χ0) is 41.0. The fraction of sp³-hybridized carbons (Fsp3) is 0.550. The Bertz CT molecular complexity index is 1690. The Morgan fingerprint density at radius 1 is 1.09 bits per heavy atom. The molecular weight excluding hydrogens is 708 g/mol. The average Bonchev–Trinajstić information content (AvgIpc) is 3.58. The molecule has 1 fully saturated rings. The number of unbranched alkanes of at least 4 members (excludes halogenated alkanes) is 2. The molecule has 0 unspecified atom stereocenters. The maximum atomic E-state index is 12.1. The first-order chi connectivity index (χ1) is 26.1. The summed E-state index contributed by atoms with van der Waals surface area (Å²) in [6.45, 7) is 16.9. The van der Waals surface area contributed by atoms with E-state index in [2.05, 4.69) is 53.4 Å². The number of hydrogen-bond acceptors (Lipinski definition) is 10. The number of hydrogen-bond donors (Lipinski definition) is 4. The molecule has 1 spiro atoms. The number of aliphatic carboxylic acids is 1. The van der Waals surface area contributed by atoms with Crippen molar-refractivity contribution in [1.82, 2.24) is 25.0 Å². The number of ether oxygens (including phenoxy) is 3. The summed E-state index contributed by atoms with van der Waals surface area (Å²) in [5.41, 5.74) is 4.30. The monoisotopic (exact) mass is 768 g/mol. The van der Waals surface area contributed by atoms with Crippen LogP contribution < -0.4 is 5.32 Å². The number of anilines is 1. The average molecular weight is 769 g/mol. The van der Waals surface area contributed by atoms with Crippen molar-refractivity contribution < 1.29 is 43.6 Å². The minimum Gasteiger partial charge on any atom is -0.483 e. The maximum Gasteiger partial charge on any atom is 0.413 e.